The molecule has 2 aliphatic heterocycles. The Morgan fingerprint density at radius 1 is 0.973 bits per heavy atom. The minimum Gasteiger partial charge on any atom is -0.481 e. The Morgan fingerprint density at radius 2 is 1.70 bits per heavy atom. The second-order valence-corrected chi connectivity index (χ2v) is 12.1. The molecule has 6 heteroatoms. The van der Waals surface area contributed by atoms with Crippen molar-refractivity contribution < 1.29 is 28.8 Å². The van der Waals surface area contributed by atoms with Gasteiger partial charge >= 0.3 is 5.97 Å². The number of carbonyl (C=O) groups is 1. The zero-order valence-electron chi connectivity index (χ0n) is 22.6. The number of allylic oxidation sites excluding steroid dienone is 2. The van der Waals surface area contributed by atoms with Gasteiger partial charge < -0.3 is 24.1 Å². The van der Waals surface area contributed by atoms with Gasteiger partial charge in [-0.05, 0) is 101 Å². The molecular weight excluding hydrogens is 468 g/mol. The summed E-state index contributed by atoms with van der Waals surface area (Å²) >= 11 is 0. The number of hydrogen-bond donors (Lipinski definition) is 1. The van der Waals surface area contributed by atoms with Gasteiger partial charge in [0.2, 0.25) is 0 Å². The predicted octanol–water partition coefficient (Wildman–Crippen LogP) is 6.78. The van der Waals surface area contributed by atoms with Gasteiger partial charge in [0, 0.05) is 25.6 Å². The van der Waals surface area contributed by atoms with Gasteiger partial charge in [-0.25, -0.2) is 0 Å². The molecule has 1 N–H and O–H groups in total. The molecule has 0 amide bonds. The third-order valence-corrected chi connectivity index (χ3v) is 9.41. The van der Waals surface area contributed by atoms with E-state index in [1.165, 1.54) is 44.1 Å². The van der Waals surface area contributed by atoms with Crippen LogP contribution in [0.1, 0.15) is 103 Å². The SMILES string of the molecule is O=C(O)CCCC=C1C[C@@H]2C[C@@H](OC3CCCCO3)[C@H](C=C[C@H](OC3CCCCO3)C3CCCC3)[C@H]2C1. The molecule has 2 saturated heterocycles. The molecule has 0 aromatic rings. The van der Waals surface area contributed by atoms with E-state index >= 15 is 0 Å². The van der Waals surface area contributed by atoms with E-state index in [0.29, 0.717) is 23.7 Å². The van der Waals surface area contributed by atoms with E-state index < -0.39 is 5.97 Å². The monoisotopic (exact) mass is 516 g/mol. The van der Waals surface area contributed by atoms with Crippen LogP contribution in [0.5, 0.6) is 0 Å². The summed E-state index contributed by atoms with van der Waals surface area (Å²) in [7, 11) is 0. The number of ether oxygens (including phenoxy) is 4. The van der Waals surface area contributed by atoms with Gasteiger partial charge in [0.05, 0.1) is 12.2 Å². The minimum absolute atomic E-state index is 0.0583. The summed E-state index contributed by atoms with van der Waals surface area (Å²) in [4.78, 5) is 10.9. The lowest BCUT2D eigenvalue weighted by Crippen LogP contribution is -2.32. The lowest BCUT2D eigenvalue weighted by molar-refractivity contribution is -0.193. The highest BCUT2D eigenvalue weighted by Crippen LogP contribution is 2.52. The lowest BCUT2D eigenvalue weighted by Gasteiger charge is -2.31. The fraction of sp³-hybridized carbons (Fsp3) is 0.839. The summed E-state index contributed by atoms with van der Waals surface area (Å²) in [6, 6.07) is 0. The Bertz CT molecular complexity index is 775. The topological polar surface area (TPSA) is 74.2 Å². The Labute approximate surface area is 223 Å². The predicted molar refractivity (Wildman–Crippen MR) is 142 cm³/mol. The van der Waals surface area contributed by atoms with Crippen LogP contribution in [0.3, 0.4) is 0 Å². The first-order valence-electron chi connectivity index (χ1n) is 15.3. The highest BCUT2D eigenvalue weighted by Gasteiger charge is 2.47. The molecule has 2 heterocycles. The highest BCUT2D eigenvalue weighted by molar-refractivity contribution is 5.66. The largest absolute Gasteiger partial charge is 0.481 e. The van der Waals surface area contributed by atoms with Crippen LogP contribution in [-0.4, -0.2) is 49.1 Å². The fourth-order valence-electron chi connectivity index (χ4n) is 7.46. The summed E-state index contributed by atoms with van der Waals surface area (Å²) in [6.45, 7) is 1.63. The molecule has 208 valence electrons. The molecule has 6 nitrogen and oxygen atoms in total. The van der Waals surface area contributed by atoms with Crippen molar-refractivity contribution in [3.05, 3.63) is 23.8 Å². The number of carboxylic acid groups (broad SMARTS) is 1. The van der Waals surface area contributed by atoms with E-state index in [9.17, 15) is 4.79 Å². The maximum atomic E-state index is 10.9. The second kappa shape index (κ2) is 13.7. The second-order valence-electron chi connectivity index (χ2n) is 12.1. The summed E-state index contributed by atoms with van der Waals surface area (Å²) in [5.74, 6) is 1.50. The van der Waals surface area contributed by atoms with Crippen molar-refractivity contribution in [2.45, 2.75) is 128 Å². The first-order chi connectivity index (χ1) is 18.2. The van der Waals surface area contributed by atoms with Crippen molar-refractivity contribution in [3.63, 3.8) is 0 Å². The summed E-state index contributed by atoms with van der Waals surface area (Å²) < 4.78 is 25.2. The molecule has 37 heavy (non-hydrogen) atoms. The molecule has 0 spiro atoms. The maximum absolute atomic E-state index is 10.9. The van der Waals surface area contributed by atoms with Gasteiger partial charge in [-0.2, -0.15) is 0 Å². The number of hydrogen-bond acceptors (Lipinski definition) is 5. The fourth-order valence-corrected chi connectivity index (χ4v) is 7.46. The van der Waals surface area contributed by atoms with Crippen molar-refractivity contribution in [1.29, 1.82) is 0 Å². The molecule has 0 radical (unpaired) electrons. The number of fused-ring (bicyclic) bond motifs is 1. The van der Waals surface area contributed by atoms with E-state index in [-0.39, 0.29) is 31.2 Å². The molecule has 5 fully saturated rings. The molecule has 5 rings (SSSR count). The number of carboxylic acids is 1. The van der Waals surface area contributed by atoms with Gasteiger partial charge in [-0.1, -0.05) is 36.6 Å². The summed E-state index contributed by atoms with van der Waals surface area (Å²) in [5.41, 5.74) is 1.52. The highest BCUT2D eigenvalue weighted by atomic mass is 16.7. The van der Waals surface area contributed by atoms with E-state index in [4.69, 9.17) is 24.1 Å². The summed E-state index contributed by atoms with van der Waals surface area (Å²) in [6.07, 6.45) is 24.3. The minimum atomic E-state index is -0.700. The Kier molecular flexibility index (Phi) is 10.2. The average Bonchev–Trinajstić information content (AvgIpc) is 3.63. The third-order valence-electron chi connectivity index (χ3n) is 9.41. The molecule has 3 aliphatic carbocycles. The Hall–Kier alpha value is -1.21. The molecule has 0 bridgehead atoms. The molecule has 0 aromatic heterocycles. The number of unbranched alkanes of at least 4 members (excludes halogenated alkanes) is 1. The van der Waals surface area contributed by atoms with Crippen molar-refractivity contribution in [3.8, 4) is 0 Å². The average molecular weight is 517 g/mol. The van der Waals surface area contributed by atoms with Crippen molar-refractivity contribution in [1.82, 2.24) is 0 Å². The van der Waals surface area contributed by atoms with Crippen LogP contribution in [0.2, 0.25) is 0 Å². The number of rotatable bonds is 11. The van der Waals surface area contributed by atoms with Crippen LogP contribution in [0.15, 0.2) is 23.8 Å². The van der Waals surface area contributed by atoms with Crippen LogP contribution < -0.4 is 0 Å². The van der Waals surface area contributed by atoms with E-state index in [2.05, 4.69) is 18.2 Å². The standard InChI is InChI=1S/C31H48O6/c32-29(33)12-4-1-9-22-19-24-21-28(37-31-14-6-8-18-35-31)25(26(24)20-22)15-16-27(23-10-2-3-11-23)36-30-13-5-7-17-34-30/h9,15-16,23-28,30-31H,1-8,10-14,17-21H2,(H,32,33)/t24-,25-,26+,27+,28-,30?,31?/m1/s1. The molecular formula is C31H48O6. The molecule has 5 aliphatic rings. The van der Waals surface area contributed by atoms with Crippen LogP contribution in [0.25, 0.3) is 0 Å². The number of aliphatic carboxylic acids is 1. The molecule has 7 atom stereocenters. The van der Waals surface area contributed by atoms with Gasteiger partial charge in [0.25, 0.3) is 0 Å². The Morgan fingerprint density at radius 3 is 2.41 bits per heavy atom. The van der Waals surface area contributed by atoms with Crippen LogP contribution in [0.4, 0.5) is 0 Å². The van der Waals surface area contributed by atoms with E-state index in [1.807, 2.05) is 0 Å². The van der Waals surface area contributed by atoms with Crippen LogP contribution in [-0.2, 0) is 23.7 Å². The lowest BCUT2D eigenvalue weighted by atomic mass is 9.89. The smallest absolute Gasteiger partial charge is 0.303 e. The van der Waals surface area contributed by atoms with Gasteiger partial charge in [-0.15, -0.1) is 0 Å². The van der Waals surface area contributed by atoms with Crippen LogP contribution >= 0.6 is 0 Å². The van der Waals surface area contributed by atoms with Crippen molar-refractivity contribution >= 4 is 5.97 Å². The molecule has 3 saturated carbocycles. The van der Waals surface area contributed by atoms with Gasteiger partial charge in [0.15, 0.2) is 12.6 Å². The Balaban J connectivity index is 1.27. The first kappa shape index (κ1) is 27.4. The van der Waals surface area contributed by atoms with E-state index in [0.717, 1.165) is 71.0 Å². The molecule has 2 unspecified atom stereocenters. The zero-order chi connectivity index (χ0) is 25.5. The molecule has 0 aromatic carbocycles. The summed E-state index contributed by atoms with van der Waals surface area (Å²) in [5, 5.41) is 8.95. The maximum Gasteiger partial charge on any atom is 0.303 e. The van der Waals surface area contributed by atoms with Crippen molar-refractivity contribution in [2.24, 2.45) is 23.7 Å². The van der Waals surface area contributed by atoms with E-state index in [1.54, 1.807) is 0 Å². The first-order valence-corrected chi connectivity index (χ1v) is 15.3. The van der Waals surface area contributed by atoms with Crippen LogP contribution in [0, 0.1) is 23.7 Å². The van der Waals surface area contributed by atoms with Crippen molar-refractivity contribution in [2.75, 3.05) is 13.2 Å². The third kappa shape index (κ3) is 7.68. The quantitative estimate of drug-likeness (QED) is 0.241. The zero-order valence-corrected chi connectivity index (χ0v) is 22.6. The normalized spacial score (nSPS) is 36.9. The van der Waals surface area contributed by atoms with Gasteiger partial charge in [-0.3, -0.25) is 4.79 Å². The van der Waals surface area contributed by atoms with Gasteiger partial charge in [0.1, 0.15) is 0 Å².